The quantitative estimate of drug-likeness (QED) is 0.476. The Hall–Kier alpha value is -2.48. The Balaban J connectivity index is 1.36. The minimum Gasteiger partial charge on any atom is -0.423 e. The number of hydrogen-bond acceptors (Lipinski definition) is 4. The van der Waals surface area contributed by atoms with E-state index in [9.17, 15) is 9.18 Å². The summed E-state index contributed by atoms with van der Waals surface area (Å²) in [5, 5.41) is 5.22. The van der Waals surface area contributed by atoms with Crippen molar-refractivity contribution in [1.82, 2.24) is 9.80 Å². The summed E-state index contributed by atoms with van der Waals surface area (Å²) in [5.41, 5.74) is 2.75. The number of thiocarbonyl (C=S) groups is 1. The van der Waals surface area contributed by atoms with Crippen molar-refractivity contribution in [3.8, 4) is 0 Å². The number of nitrogens with one attached hydrogen (secondary N) is 1. The molecule has 8 heteroatoms. The highest BCUT2D eigenvalue weighted by atomic mass is 35.5. The number of benzene rings is 2. The fraction of sp³-hybridized carbons (Fsp3) is 0.273. The fourth-order valence-corrected chi connectivity index (χ4v) is 4.13. The maximum absolute atomic E-state index is 13.2. The second kappa shape index (κ2) is 8.71. The molecular weight excluding hydrogens is 425 g/mol. The lowest BCUT2D eigenvalue weighted by Crippen LogP contribution is -2.49. The van der Waals surface area contributed by atoms with Crippen LogP contribution in [0.25, 0.3) is 11.0 Å². The Kier molecular flexibility index (Phi) is 6.04. The first kappa shape index (κ1) is 20.8. The monoisotopic (exact) mass is 445 g/mol. The highest BCUT2D eigenvalue weighted by Gasteiger charge is 2.20. The van der Waals surface area contributed by atoms with Crippen molar-refractivity contribution >= 4 is 45.6 Å². The Bertz CT molecular complexity index is 1160. The molecule has 1 aliphatic rings. The van der Waals surface area contributed by atoms with E-state index in [1.165, 1.54) is 18.2 Å². The lowest BCUT2D eigenvalue weighted by atomic mass is 10.1. The van der Waals surface area contributed by atoms with E-state index < -0.39 is 0 Å². The van der Waals surface area contributed by atoms with Crippen molar-refractivity contribution in [3.63, 3.8) is 0 Å². The van der Waals surface area contributed by atoms with Gasteiger partial charge in [0.15, 0.2) is 5.11 Å². The standard InChI is InChI=1S/C22H21ClFN3O2S/c1-14-10-21(28)29-20-12-17(4-5-18(14)20)25-22(30)27-8-6-26(7-9-27)13-15-2-3-16(24)11-19(15)23/h2-5,10-12H,6-9,13H2,1H3,(H,25,30). The van der Waals surface area contributed by atoms with E-state index in [1.54, 1.807) is 12.1 Å². The first-order chi connectivity index (χ1) is 14.4. The number of rotatable bonds is 3. The minimum atomic E-state index is -0.364. The van der Waals surface area contributed by atoms with Crippen molar-refractivity contribution < 1.29 is 8.81 Å². The molecule has 1 aromatic heterocycles. The molecule has 0 amide bonds. The maximum atomic E-state index is 13.2. The predicted molar refractivity (Wildman–Crippen MR) is 122 cm³/mol. The van der Waals surface area contributed by atoms with Crippen LogP contribution in [0.4, 0.5) is 10.1 Å². The molecule has 3 aromatic rings. The first-order valence-corrected chi connectivity index (χ1v) is 10.4. The second-order valence-electron chi connectivity index (χ2n) is 7.39. The van der Waals surface area contributed by atoms with Crippen molar-refractivity contribution in [2.24, 2.45) is 0 Å². The van der Waals surface area contributed by atoms with Gasteiger partial charge in [0.1, 0.15) is 11.4 Å². The number of halogens is 2. The molecule has 0 saturated carbocycles. The summed E-state index contributed by atoms with van der Waals surface area (Å²) >= 11 is 11.7. The molecule has 0 atom stereocenters. The zero-order chi connectivity index (χ0) is 21.3. The summed E-state index contributed by atoms with van der Waals surface area (Å²) in [4.78, 5) is 16.0. The molecule has 1 saturated heterocycles. The van der Waals surface area contributed by atoms with Crippen LogP contribution in [0, 0.1) is 12.7 Å². The molecule has 2 heterocycles. The molecule has 4 rings (SSSR count). The number of nitrogens with zero attached hydrogens (tertiary/aromatic N) is 2. The van der Waals surface area contributed by atoms with Crippen LogP contribution in [0.15, 0.2) is 51.7 Å². The average Bonchev–Trinajstić information content (AvgIpc) is 2.70. The minimum absolute atomic E-state index is 0.326. The molecular formula is C22H21ClFN3O2S. The van der Waals surface area contributed by atoms with E-state index in [4.69, 9.17) is 28.2 Å². The zero-order valence-corrected chi connectivity index (χ0v) is 18.0. The van der Waals surface area contributed by atoms with Crippen molar-refractivity contribution in [2.45, 2.75) is 13.5 Å². The molecule has 2 aromatic carbocycles. The molecule has 1 N–H and O–H groups in total. The average molecular weight is 446 g/mol. The van der Waals surface area contributed by atoms with Gasteiger partial charge in [0, 0.05) is 61.0 Å². The number of piperazine rings is 1. The number of hydrogen-bond donors (Lipinski definition) is 1. The Labute approximate surface area is 184 Å². The van der Waals surface area contributed by atoms with Gasteiger partial charge in [0.05, 0.1) is 0 Å². The van der Waals surface area contributed by atoms with E-state index in [0.29, 0.717) is 22.3 Å². The molecule has 156 valence electrons. The summed E-state index contributed by atoms with van der Waals surface area (Å²) in [6.07, 6.45) is 0. The number of aryl methyl sites for hydroxylation is 1. The Morgan fingerprint density at radius 2 is 1.93 bits per heavy atom. The van der Waals surface area contributed by atoms with Crippen LogP contribution in [0.3, 0.4) is 0 Å². The zero-order valence-electron chi connectivity index (χ0n) is 16.5. The third-order valence-electron chi connectivity index (χ3n) is 5.27. The van der Waals surface area contributed by atoms with Crippen LogP contribution in [-0.4, -0.2) is 41.1 Å². The van der Waals surface area contributed by atoms with E-state index in [0.717, 1.165) is 48.4 Å². The van der Waals surface area contributed by atoms with Gasteiger partial charge in [-0.2, -0.15) is 0 Å². The number of anilines is 1. The molecule has 1 aliphatic heterocycles. The van der Waals surface area contributed by atoms with Gasteiger partial charge in [-0.1, -0.05) is 17.7 Å². The van der Waals surface area contributed by atoms with Crippen LogP contribution in [-0.2, 0) is 6.54 Å². The van der Waals surface area contributed by atoms with Crippen LogP contribution < -0.4 is 10.9 Å². The van der Waals surface area contributed by atoms with E-state index in [1.807, 2.05) is 19.1 Å². The molecule has 0 spiro atoms. The third kappa shape index (κ3) is 4.64. The molecule has 0 unspecified atom stereocenters. The topological polar surface area (TPSA) is 48.7 Å². The van der Waals surface area contributed by atoms with Gasteiger partial charge in [-0.15, -0.1) is 0 Å². The van der Waals surface area contributed by atoms with Crippen LogP contribution in [0.5, 0.6) is 0 Å². The molecule has 0 radical (unpaired) electrons. The summed E-state index contributed by atoms with van der Waals surface area (Å²) in [5.74, 6) is -0.326. The molecule has 0 bridgehead atoms. The summed E-state index contributed by atoms with van der Waals surface area (Å²) in [7, 11) is 0. The fourth-order valence-electron chi connectivity index (χ4n) is 3.61. The molecule has 1 fully saturated rings. The van der Waals surface area contributed by atoms with Gasteiger partial charge in [0.2, 0.25) is 0 Å². The van der Waals surface area contributed by atoms with Crippen molar-refractivity contribution in [2.75, 3.05) is 31.5 Å². The van der Waals surface area contributed by atoms with Crippen LogP contribution in [0.2, 0.25) is 5.02 Å². The molecule has 0 aliphatic carbocycles. The largest absolute Gasteiger partial charge is 0.423 e. The maximum Gasteiger partial charge on any atom is 0.336 e. The van der Waals surface area contributed by atoms with Gasteiger partial charge in [0.25, 0.3) is 0 Å². The van der Waals surface area contributed by atoms with Gasteiger partial charge in [-0.3, -0.25) is 4.90 Å². The lowest BCUT2D eigenvalue weighted by Gasteiger charge is -2.36. The van der Waals surface area contributed by atoms with E-state index in [-0.39, 0.29) is 11.4 Å². The molecule has 30 heavy (non-hydrogen) atoms. The third-order valence-corrected chi connectivity index (χ3v) is 5.98. The second-order valence-corrected chi connectivity index (χ2v) is 8.18. The van der Waals surface area contributed by atoms with Crippen LogP contribution >= 0.6 is 23.8 Å². The van der Waals surface area contributed by atoms with Gasteiger partial charge < -0.3 is 14.6 Å². The highest BCUT2D eigenvalue weighted by molar-refractivity contribution is 7.80. The summed E-state index contributed by atoms with van der Waals surface area (Å²) < 4.78 is 18.5. The summed E-state index contributed by atoms with van der Waals surface area (Å²) in [6.45, 7) is 5.74. The Morgan fingerprint density at radius 3 is 2.67 bits per heavy atom. The lowest BCUT2D eigenvalue weighted by molar-refractivity contribution is 0.177. The van der Waals surface area contributed by atoms with Crippen LogP contribution in [0.1, 0.15) is 11.1 Å². The smallest absolute Gasteiger partial charge is 0.336 e. The van der Waals surface area contributed by atoms with Gasteiger partial charge >= 0.3 is 5.63 Å². The first-order valence-electron chi connectivity index (χ1n) is 9.66. The SMILES string of the molecule is Cc1cc(=O)oc2cc(NC(=S)N3CCN(Cc4ccc(F)cc4Cl)CC3)ccc12. The predicted octanol–water partition coefficient (Wildman–Crippen LogP) is 4.41. The highest BCUT2D eigenvalue weighted by Crippen LogP contribution is 2.22. The van der Waals surface area contributed by atoms with Crippen molar-refractivity contribution in [1.29, 1.82) is 0 Å². The number of fused-ring (bicyclic) bond motifs is 1. The van der Waals surface area contributed by atoms with Crippen molar-refractivity contribution in [3.05, 3.63) is 74.9 Å². The molecule has 5 nitrogen and oxygen atoms in total. The summed E-state index contributed by atoms with van der Waals surface area (Å²) in [6, 6.07) is 11.6. The van der Waals surface area contributed by atoms with Gasteiger partial charge in [-0.25, -0.2) is 9.18 Å². The normalized spacial score (nSPS) is 14.8. The van der Waals surface area contributed by atoms with E-state index >= 15 is 0 Å². The van der Waals surface area contributed by atoms with E-state index in [2.05, 4.69) is 15.1 Å². The Morgan fingerprint density at radius 1 is 1.17 bits per heavy atom. The van der Waals surface area contributed by atoms with Gasteiger partial charge in [-0.05, 0) is 54.5 Å².